The molecule has 0 aromatic heterocycles. The number of nitrogens with one attached hydrogen (secondary N) is 2. The van der Waals surface area contributed by atoms with Gasteiger partial charge in [-0.1, -0.05) is 0 Å². The van der Waals surface area contributed by atoms with E-state index in [9.17, 15) is 4.79 Å². The van der Waals surface area contributed by atoms with Crippen LogP contribution in [-0.2, 0) is 4.74 Å². The normalized spacial score (nSPS) is 29.8. The summed E-state index contributed by atoms with van der Waals surface area (Å²) in [6, 6.07) is 0.226. The summed E-state index contributed by atoms with van der Waals surface area (Å²) in [7, 11) is 0. The van der Waals surface area contributed by atoms with E-state index in [1.807, 2.05) is 20.8 Å². The number of carbonyl (C=O) groups is 1. The highest BCUT2D eigenvalue weighted by Gasteiger charge is 2.35. The van der Waals surface area contributed by atoms with Gasteiger partial charge in [-0.15, -0.1) is 0 Å². The lowest BCUT2D eigenvalue weighted by atomic mass is 9.91. The Morgan fingerprint density at radius 2 is 1.94 bits per heavy atom. The van der Waals surface area contributed by atoms with Crippen molar-refractivity contribution in [3.63, 3.8) is 0 Å². The van der Waals surface area contributed by atoms with Gasteiger partial charge in [0.15, 0.2) is 0 Å². The minimum absolute atomic E-state index is 0.226. The average Bonchev–Trinajstić information content (AvgIpc) is 2.97. The monoisotopic (exact) mass is 240 g/mol. The predicted octanol–water partition coefficient (Wildman–Crippen LogP) is 1.90. The number of rotatable bonds is 2. The molecule has 1 heterocycles. The molecule has 1 saturated carbocycles. The van der Waals surface area contributed by atoms with Crippen LogP contribution in [0.5, 0.6) is 0 Å². The fourth-order valence-corrected chi connectivity index (χ4v) is 2.49. The van der Waals surface area contributed by atoms with E-state index in [1.54, 1.807) is 0 Å². The highest BCUT2D eigenvalue weighted by molar-refractivity contribution is 5.68. The highest BCUT2D eigenvalue weighted by Crippen LogP contribution is 2.39. The molecule has 2 fully saturated rings. The van der Waals surface area contributed by atoms with Crippen LogP contribution in [0, 0.1) is 11.8 Å². The minimum atomic E-state index is -0.415. The topological polar surface area (TPSA) is 50.4 Å². The molecular formula is C13H24N2O2. The second-order valence-electron chi connectivity index (χ2n) is 6.33. The minimum Gasteiger partial charge on any atom is -0.444 e. The van der Waals surface area contributed by atoms with Gasteiger partial charge in [-0.2, -0.15) is 0 Å². The van der Waals surface area contributed by atoms with Crippen LogP contribution in [0.15, 0.2) is 0 Å². The summed E-state index contributed by atoms with van der Waals surface area (Å²) in [5.74, 6) is 1.63. The Morgan fingerprint density at radius 1 is 1.24 bits per heavy atom. The van der Waals surface area contributed by atoms with Gasteiger partial charge in [0.1, 0.15) is 5.60 Å². The second-order valence-corrected chi connectivity index (χ2v) is 6.33. The van der Waals surface area contributed by atoms with Gasteiger partial charge in [0.25, 0.3) is 0 Å². The Morgan fingerprint density at radius 3 is 2.53 bits per heavy atom. The zero-order valence-electron chi connectivity index (χ0n) is 11.1. The van der Waals surface area contributed by atoms with Crippen molar-refractivity contribution in [2.24, 2.45) is 11.8 Å². The smallest absolute Gasteiger partial charge is 0.407 e. The van der Waals surface area contributed by atoms with Crippen LogP contribution in [0.2, 0.25) is 0 Å². The van der Waals surface area contributed by atoms with Crippen LogP contribution in [0.1, 0.15) is 40.0 Å². The summed E-state index contributed by atoms with van der Waals surface area (Å²) in [5, 5.41) is 6.37. The number of carbonyl (C=O) groups excluding carboxylic acids is 1. The summed E-state index contributed by atoms with van der Waals surface area (Å²) in [4.78, 5) is 11.7. The summed E-state index contributed by atoms with van der Waals surface area (Å²) < 4.78 is 5.27. The molecule has 0 radical (unpaired) electrons. The van der Waals surface area contributed by atoms with Gasteiger partial charge in [0, 0.05) is 12.6 Å². The van der Waals surface area contributed by atoms with Crippen molar-refractivity contribution in [1.82, 2.24) is 10.6 Å². The number of hydrogen-bond donors (Lipinski definition) is 2. The van der Waals surface area contributed by atoms with Gasteiger partial charge >= 0.3 is 6.09 Å². The van der Waals surface area contributed by atoms with E-state index in [1.165, 1.54) is 12.8 Å². The molecule has 0 aromatic carbocycles. The number of hydrogen-bond acceptors (Lipinski definition) is 3. The standard InChI is InChI=1S/C13H24N2O2/c1-13(2,3)17-12(16)15-11-6-10(7-14-8-11)9-4-5-9/h9-11,14H,4-8H2,1-3H3,(H,15,16)/t10-,11+/m1/s1. The molecule has 0 aromatic rings. The Labute approximate surface area is 103 Å². The Kier molecular flexibility index (Phi) is 3.61. The first-order chi connectivity index (χ1) is 7.94. The van der Waals surface area contributed by atoms with Crippen molar-refractivity contribution in [3.8, 4) is 0 Å². The van der Waals surface area contributed by atoms with Gasteiger partial charge in [0.05, 0.1) is 0 Å². The number of alkyl carbamates (subject to hydrolysis) is 1. The third-order valence-corrected chi connectivity index (χ3v) is 3.39. The van der Waals surface area contributed by atoms with Crippen LogP contribution in [0.3, 0.4) is 0 Å². The van der Waals surface area contributed by atoms with Crippen molar-refractivity contribution < 1.29 is 9.53 Å². The molecule has 0 unspecified atom stereocenters. The van der Waals surface area contributed by atoms with Crippen LogP contribution in [0.25, 0.3) is 0 Å². The summed E-state index contributed by atoms with van der Waals surface area (Å²) in [5.41, 5.74) is -0.415. The van der Waals surface area contributed by atoms with Gasteiger partial charge < -0.3 is 15.4 Å². The maximum atomic E-state index is 11.7. The van der Waals surface area contributed by atoms with Gasteiger partial charge in [-0.3, -0.25) is 0 Å². The van der Waals surface area contributed by atoms with E-state index in [0.29, 0.717) is 0 Å². The molecule has 2 rings (SSSR count). The molecule has 1 saturated heterocycles. The molecule has 2 N–H and O–H groups in total. The maximum absolute atomic E-state index is 11.7. The molecule has 0 spiro atoms. The first-order valence-electron chi connectivity index (χ1n) is 6.64. The molecule has 1 aliphatic heterocycles. The quantitative estimate of drug-likeness (QED) is 0.775. The summed E-state index contributed by atoms with van der Waals surface area (Å²) in [6.07, 6.45) is 3.54. The molecule has 2 atom stereocenters. The molecule has 4 nitrogen and oxygen atoms in total. The van der Waals surface area contributed by atoms with Crippen molar-refractivity contribution in [3.05, 3.63) is 0 Å². The lowest BCUT2D eigenvalue weighted by Crippen LogP contribution is -2.50. The zero-order chi connectivity index (χ0) is 12.5. The molecule has 4 heteroatoms. The molecule has 1 aliphatic carbocycles. The predicted molar refractivity (Wildman–Crippen MR) is 66.9 cm³/mol. The van der Waals surface area contributed by atoms with Crippen LogP contribution < -0.4 is 10.6 Å². The SMILES string of the molecule is CC(C)(C)OC(=O)N[C@@H]1CNC[C@H](C2CC2)C1. The molecule has 2 aliphatic rings. The average molecular weight is 240 g/mol. The van der Waals surface area contributed by atoms with Gasteiger partial charge in [-0.05, 0) is 58.4 Å². The number of ether oxygens (including phenoxy) is 1. The van der Waals surface area contributed by atoms with Crippen LogP contribution >= 0.6 is 0 Å². The van der Waals surface area contributed by atoms with Crippen molar-refractivity contribution in [1.29, 1.82) is 0 Å². The van der Waals surface area contributed by atoms with E-state index in [0.717, 1.165) is 31.3 Å². The Bertz CT molecular complexity index is 282. The highest BCUT2D eigenvalue weighted by atomic mass is 16.6. The number of amides is 1. The first-order valence-corrected chi connectivity index (χ1v) is 6.64. The Hall–Kier alpha value is -0.770. The molecule has 17 heavy (non-hydrogen) atoms. The first kappa shape index (κ1) is 12.7. The van der Waals surface area contributed by atoms with Crippen molar-refractivity contribution >= 4 is 6.09 Å². The zero-order valence-corrected chi connectivity index (χ0v) is 11.1. The summed E-state index contributed by atoms with van der Waals surface area (Å²) >= 11 is 0. The third kappa shape index (κ3) is 4.19. The van der Waals surface area contributed by atoms with Crippen molar-refractivity contribution in [2.45, 2.75) is 51.7 Å². The molecule has 98 valence electrons. The van der Waals surface area contributed by atoms with E-state index >= 15 is 0 Å². The Balaban J connectivity index is 1.76. The van der Waals surface area contributed by atoms with Gasteiger partial charge in [-0.25, -0.2) is 4.79 Å². The van der Waals surface area contributed by atoms with Crippen molar-refractivity contribution in [2.75, 3.05) is 13.1 Å². The van der Waals surface area contributed by atoms with E-state index in [4.69, 9.17) is 4.74 Å². The molecule has 1 amide bonds. The van der Waals surface area contributed by atoms with E-state index in [2.05, 4.69) is 10.6 Å². The lowest BCUT2D eigenvalue weighted by Gasteiger charge is -2.31. The maximum Gasteiger partial charge on any atom is 0.407 e. The fraction of sp³-hybridized carbons (Fsp3) is 0.923. The third-order valence-electron chi connectivity index (χ3n) is 3.39. The lowest BCUT2D eigenvalue weighted by molar-refractivity contribution is 0.0487. The van der Waals surface area contributed by atoms with Crippen LogP contribution in [-0.4, -0.2) is 30.8 Å². The van der Waals surface area contributed by atoms with E-state index < -0.39 is 5.60 Å². The molecule has 0 bridgehead atoms. The second kappa shape index (κ2) is 4.84. The molecular weight excluding hydrogens is 216 g/mol. The van der Waals surface area contributed by atoms with Crippen LogP contribution in [0.4, 0.5) is 4.79 Å². The van der Waals surface area contributed by atoms with Gasteiger partial charge in [0.2, 0.25) is 0 Å². The largest absolute Gasteiger partial charge is 0.444 e. The number of piperidine rings is 1. The summed E-state index contributed by atoms with van der Waals surface area (Å²) in [6.45, 7) is 7.63. The fourth-order valence-electron chi connectivity index (χ4n) is 2.49. The van der Waals surface area contributed by atoms with E-state index in [-0.39, 0.29) is 12.1 Å².